The minimum atomic E-state index is -0.176. The fourth-order valence-electron chi connectivity index (χ4n) is 6.64. The Morgan fingerprint density at radius 1 is 0.905 bits per heavy atom. The van der Waals surface area contributed by atoms with Crippen LogP contribution in [0.5, 0.6) is 0 Å². The van der Waals surface area contributed by atoms with Crippen LogP contribution in [0, 0.1) is 0 Å². The largest absolute Gasteiger partial charge is 0.388 e. The summed E-state index contributed by atoms with van der Waals surface area (Å²) < 4.78 is 0. The number of allylic oxidation sites excluding steroid dienone is 6. The number of hydrogen-bond acceptors (Lipinski definition) is 2. The second-order valence-corrected chi connectivity index (χ2v) is 12.7. The number of rotatable bonds is 10. The molecule has 0 bridgehead atoms. The van der Waals surface area contributed by atoms with Gasteiger partial charge in [0, 0.05) is 41.1 Å². The number of nitrogens with one attached hydrogen (secondary N) is 1. The lowest BCUT2D eigenvalue weighted by Gasteiger charge is -2.30. The van der Waals surface area contributed by atoms with Crippen LogP contribution in [0.3, 0.4) is 0 Å². The van der Waals surface area contributed by atoms with E-state index in [-0.39, 0.29) is 10.8 Å². The Bertz CT molecular complexity index is 1630. The van der Waals surface area contributed by atoms with Crippen molar-refractivity contribution >= 4 is 33.7 Å². The molecule has 0 radical (unpaired) electrons. The quantitative estimate of drug-likeness (QED) is 0.189. The van der Waals surface area contributed by atoms with E-state index in [9.17, 15) is 0 Å². The van der Waals surface area contributed by atoms with Crippen LogP contribution >= 0.6 is 11.6 Å². The van der Waals surface area contributed by atoms with Crippen LogP contribution in [0.25, 0.3) is 10.8 Å². The number of hydrogen-bond donors (Lipinski definition) is 1. The van der Waals surface area contributed by atoms with E-state index < -0.39 is 0 Å². The van der Waals surface area contributed by atoms with E-state index in [1.54, 1.807) is 0 Å². The molecule has 0 spiro atoms. The van der Waals surface area contributed by atoms with Gasteiger partial charge in [-0.15, -0.1) is 0 Å². The summed E-state index contributed by atoms with van der Waals surface area (Å²) in [4.78, 5) is 2.49. The predicted octanol–water partition coefficient (Wildman–Crippen LogP) is 10.6. The third-order valence-electron chi connectivity index (χ3n) is 8.66. The maximum Gasteiger partial charge on any atom is 0.0451 e. The summed E-state index contributed by atoms with van der Waals surface area (Å²) in [6.45, 7) is 10.3. The molecule has 0 aromatic heterocycles. The lowest BCUT2D eigenvalue weighted by Crippen LogP contribution is -2.31. The van der Waals surface area contributed by atoms with Crippen molar-refractivity contribution < 1.29 is 0 Å². The van der Waals surface area contributed by atoms with Crippen molar-refractivity contribution in [3.05, 3.63) is 143 Å². The maximum atomic E-state index is 6.55. The van der Waals surface area contributed by atoms with Gasteiger partial charge in [-0.05, 0) is 89.4 Å². The summed E-state index contributed by atoms with van der Waals surface area (Å²) in [6, 6.07) is 30.3. The van der Waals surface area contributed by atoms with Crippen molar-refractivity contribution in [3.8, 4) is 0 Å². The van der Waals surface area contributed by atoms with Crippen LogP contribution in [0.15, 0.2) is 121 Å². The Hall–Kier alpha value is -3.75. The SMILES string of the molecule is CCCN1/C(=C/C=C/C=C/CC(C)(C)c2c(NC)ccc3ccccc23)C(C)(Cc2ccccc2)c2cc(Cl)ccc21. The van der Waals surface area contributed by atoms with Crippen LogP contribution in [0.2, 0.25) is 5.02 Å². The van der Waals surface area contributed by atoms with Gasteiger partial charge in [0.25, 0.3) is 0 Å². The molecule has 0 saturated carbocycles. The van der Waals surface area contributed by atoms with Gasteiger partial charge in [-0.1, -0.05) is 117 Å². The zero-order valence-corrected chi connectivity index (χ0v) is 26.4. The lowest BCUT2D eigenvalue weighted by molar-refractivity contribution is 0.540. The van der Waals surface area contributed by atoms with Crippen molar-refractivity contribution in [1.29, 1.82) is 0 Å². The third kappa shape index (κ3) is 5.92. The molecule has 1 N–H and O–H groups in total. The highest BCUT2D eigenvalue weighted by Crippen LogP contribution is 2.50. The van der Waals surface area contributed by atoms with Crippen LogP contribution in [0.4, 0.5) is 11.4 Å². The fraction of sp³-hybridized carbons (Fsp3) is 0.282. The monoisotopic (exact) mass is 574 g/mol. The number of fused-ring (bicyclic) bond motifs is 2. The van der Waals surface area contributed by atoms with Crippen molar-refractivity contribution in [2.24, 2.45) is 0 Å². The molecular weight excluding hydrogens is 532 g/mol. The van der Waals surface area contributed by atoms with Gasteiger partial charge in [0.05, 0.1) is 0 Å². The summed E-state index contributed by atoms with van der Waals surface area (Å²) >= 11 is 6.55. The van der Waals surface area contributed by atoms with Crippen molar-refractivity contribution in [2.45, 2.75) is 57.8 Å². The third-order valence-corrected chi connectivity index (χ3v) is 8.90. The van der Waals surface area contributed by atoms with E-state index in [1.807, 2.05) is 13.1 Å². The molecule has 5 rings (SSSR count). The molecule has 0 fully saturated rings. The topological polar surface area (TPSA) is 15.3 Å². The summed E-state index contributed by atoms with van der Waals surface area (Å²) in [5, 5.41) is 6.82. The zero-order chi connectivity index (χ0) is 29.7. The van der Waals surface area contributed by atoms with Crippen LogP contribution in [-0.4, -0.2) is 13.6 Å². The fourth-order valence-corrected chi connectivity index (χ4v) is 6.81. The summed E-state index contributed by atoms with van der Waals surface area (Å²) in [7, 11) is 2.01. The van der Waals surface area contributed by atoms with E-state index in [4.69, 9.17) is 11.6 Å². The van der Waals surface area contributed by atoms with E-state index in [2.05, 4.69) is 147 Å². The Kier molecular flexibility index (Phi) is 8.94. The van der Waals surface area contributed by atoms with Crippen LogP contribution in [0.1, 0.15) is 57.2 Å². The van der Waals surface area contributed by atoms with Crippen molar-refractivity contribution in [2.75, 3.05) is 23.8 Å². The maximum absolute atomic E-state index is 6.55. The molecule has 4 aromatic carbocycles. The highest BCUT2D eigenvalue weighted by molar-refractivity contribution is 6.30. The van der Waals surface area contributed by atoms with Gasteiger partial charge >= 0.3 is 0 Å². The lowest BCUT2D eigenvalue weighted by atomic mass is 9.76. The minimum absolute atomic E-state index is 0.0272. The number of anilines is 2. The highest BCUT2D eigenvalue weighted by Gasteiger charge is 2.43. The van der Waals surface area contributed by atoms with Gasteiger partial charge in [0.15, 0.2) is 0 Å². The van der Waals surface area contributed by atoms with Gasteiger partial charge in [0.1, 0.15) is 0 Å². The molecule has 1 aliphatic rings. The Morgan fingerprint density at radius 3 is 2.43 bits per heavy atom. The summed E-state index contributed by atoms with van der Waals surface area (Å²) in [5.41, 5.74) is 7.59. The molecule has 3 heteroatoms. The molecule has 1 heterocycles. The van der Waals surface area contributed by atoms with Crippen LogP contribution < -0.4 is 10.2 Å². The number of halogens is 1. The molecule has 2 nitrogen and oxygen atoms in total. The highest BCUT2D eigenvalue weighted by atomic mass is 35.5. The molecule has 4 aromatic rings. The van der Waals surface area contributed by atoms with E-state index in [1.165, 1.54) is 44.5 Å². The second kappa shape index (κ2) is 12.6. The number of benzene rings is 4. The normalized spacial score (nSPS) is 18.0. The average Bonchev–Trinajstić information content (AvgIpc) is 3.20. The smallest absolute Gasteiger partial charge is 0.0451 e. The molecule has 1 unspecified atom stereocenters. The van der Waals surface area contributed by atoms with Gasteiger partial charge < -0.3 is 10.2 Å². The van der Waals surface area contributed by atoms with Gasteiger partial charge in [-0.2, -0.15) is 0 Å². The molecule has 0 aliphatic carbocycles. The van der Waals surface area contributed by atoms with Crippen molar-refractivity contribution in [3.63, 3.8) is 0 Å². The molecular formula is C39H43ClN2. The Morgan fingerprint density at radius 2 is 1.67 bits per heavy atom. The molecule has 1 atom stereocenters. The van der Waals surface area contributed by atoms with Crippen molar-refractivity contribution in [1.82, 2.24) is 0 Å². The van der Waals surface area contributed by atoms with E-state index in [0.29, 0.717) is 0 Å². The summed E-state index contributed by atoms with van der Waals surface area (Å²) in [6.07, 6.45) is 14.1. The Balaban J connectivity index is 1.42. The standard InChI is InChI=1S/C39H43ClN2/c1-6-26-42-35-24-22-31(40)27-33(35)39(4,28-29-16-10-9-11-17-29)36(42)20-12-7-8-15-25-38(2,3)37-32-19-14-13-18-30(32)21-23-34(37)41-5/h7-24,27,41H,6,25-26,28H2,1-5H3/b12-7+,15-8+,36-20+. The second-order valence-electron chi connectivity index (χ2n) is 12.2. The first-order valence-corrected chi connectivity index (χ1v) is 15.5. The first-order chi connectivity index (χ1) is 20.3. The number of nitrogens with zero attached hydrogens (tertiary/aromatic N) is 1. The molecule has 42 heavy (non-hydrogen) atoms. The van der Waals surface area contributed by atoms with Gasteiger partial charge in [-0.3, -0.25) is 0 Å². The predicted molar refractivity (Wildman–Crippen MR) is 184 cm³/mol. The molecule has 0 amide bonds. The molecule has 216 valence electrons. The van der Waals surface area contributed by atoms with E-state index >= 15 is 0 Å². The average molecular weight is 575 g/mol. The van der Waals surface area contributed by atoms with Gasteiger partial charge in [0.2, 0.25) is 0 Å². The first kappa shape index (κ1) is 29.7. The Labute approximate surface area is 257 Å². The zero-order valence-electron chi connectivity index (χ0n) is 25.6. The van der Waals surface area contributed by atoms with Crippen LogP contribution in [-0.2, 0) is 17.3 Å². The van der Waals surface area contributed by atoms with Gasteiger partial charge in [-0.25, -0.2) is 0 Å². The molecule has 1 aliphatic heterocycles. The summed E-state index contributed by atoms with van der Waals surface area (Å²) in [5.74, 6) is 0. The minimum Gasteiger partial charge on any atom is -0.388 e. The molecule has 0 saturated heterocycles. The van der Waals surface area contributed by atoms with E-state index in [0.717, 1.165) is 30.8 Å². The first-order valence-electron chi connectivity index (χ1n) is 15.1.